The van der Waals surface area contributed by atoms with Crippen LogP contribution in [0.1, 0.15) is 15.9 Å². The second-order valence-electron chi connectivity index (χ2n) is 5.14. The minimum Gasteiger partial charge on any atom is -0.493 e. The van der Waals surface area contributed by atoms with E-state index in [1.807, 2.05) is 12.1 Å². The molecule has 0 aliphatic carbocycles. The molecule has 27 heavy (non-hydrogen) atoms. The van der Waals surface area contributed by atoms with Crippen molar-refractivity contribution in [3.8, 4) is 35.3 Å². The van der Waals surface area contributed by atoms with Crippen LogP contribution < -0.4 is 24.4 Å². The first-order chi connectivity index (χ1) is 13.1. The third-order valence-electron chi connectivity index (χ3n) is 3.53. The fraction of sp³-hybridized carbons (Fsp3) is 0.200. The fourth-order valence-electron chi connectivity index (χ4n) is 2.28. The lowest BCUT2D eigenvalue weighted by molar-refractivity contribution is 0.0954. The number of carbonyl (C=O) groups excluding carboxylic acids is 1. The highest BCUT2D eigenvalue weighted by Crippen LogP contribution is 2.38. The van der Waals surface area contributed by atoms with Crippen LogP contribution in [0.5, 0.6) is 23.0 Å². The van der Waals surface area contributed by atoms with Crippen LogP contribution in [0.2, 0.25) is 0 Å². The fourth-order valence-corrected chi connectivity index (χ4v) is 2.28. The van der Waals surface area contributed by atoms with Crippen LogP contribution in [-0.2, 0) is 0 Å². The molecule has 0 heterocycles. The highest BCUT2D eigenvalue weighted by atomic mass is 16.5. The molecule has 0 bridgehead atoms. The van der Waals surface area contributed by atoms with Crippen LogP contribution in [0.3, 0.4) is 0 Å². The number of terminal acetylenes is 1. The van der Waals surface area contributed by atoms with Crippen molar-refractivity contribution in [3.63, 3.8) is 0 Å². The second kappa shape index (κ2) is 9.73. The molecule has 7 heteroatoms. The average Bonchev–Trinajstić information content (AvgIpc) is 2.71. The molecule has 2 aromatic rings. The maximum atomic E-state index is 12.4. The Labute approximate surface area is 157 Å². The number of hydrogen-bond acceptors (Lipinski definition) is 6. The molecule has 0 spiro atoms. The Kier molecular flexibility index (Phi) is 7.08. The highest BCUT2D eigenvalue weighted by molar-refractivity contribution is 5.96. The summed E-state index contributed by atoms with van der Waals surface area (Å²) in [6.07, 6.45) is 6.68. The zero-order valence-corrected chi connectivity index (χ0v) is 15.3. The first kappa shape index (κ1) is 19.7. The van der Waals surface area contributed by atoms with Gasteiger partial charge in [-0.2, -0.15) is 5.10 Å². The molecule has 0 fully saturated rings. The Morgan fingerprint density at radius 3 is 2.37 bits per heavy atom. The molecular weight excluding hydrogens is 348 g/mol. The van der Waals surface area contributed by atoms with Gasteiger partial charge in [-0.15, -0.1) is 6.42 Å². The van der Waals surface area contributed by atoms with Gasteiger partial charge in [0, 0.05) is 11.1 Å². The van der Waals surface area contributed by atoms with E-state index in [2.05, 4.69) is 16.4 Å². The van der Waals surface area contributed by atoms with E-state index in [4.69, 9.17) is 25.4 Å². The van der Waals surface area contributed by atoms with Gasteiger partial charge in [-0.3, -0.25) is 4.79 Å². The van der Waals surface area contributed by atoms with E-state index >= 15 is 0 Å². The van der Waals surface area contributed by atoms with E-state index in [1.165, 1.54) is 39.7 Å². The zero-order chi connectivity index (χ0) is 19.6. The number of benzene rings is 2. The predicted molar refractivity (Wildman–Crippen MR) is 102 cm³/mol. The van der Waals surface area contributed by atoms with Crippen LogP contribution in [0.4, 0.5) is 0 Å². The lowest BCUT2D eigenvalue weighted by atomic mass is 10.1. The van der Waals surface area contributed by atoms with Gasteiger partial charge < -0.3 is 18.9 Å². The van der Waals surface area contributed by atoms with E-state index in [0.717, 1.165) is 0 Å². The summed E-state index contributed by atoms with van der Waals surface area (Å²) in [6.45, 7) is 0.142. The molecule has 7 nitrogen and oxygen atoms in total. The topological polar surface area (TPSA) is 78.4 Å². The number of para-hydroxylation sites is 1. The molecule has 1 amide bonds. The molecule has 0 aliphatic rings. The average molecular weight is 368 g/mol. The molecule has 2 aromatic carbocycles. The number of ether oxygens (including phenoxy) is 4. The lowest BCUT2D eigenvalue weighted by Crippen LogP contribution is -2.18. The number of nitrogens with one attached hydrogen (secondary N) is 1. The Morgan fingerprint density at radius 2 is 1.78 bits per heavy atom. The molecule has 0 aromatic heterocycles. The lowest BCUT2D eigenvalue weighted by Gasteiger charge is -2.13. The Hall–Kier alpha value is -3.66. The summed E-state index contributed by atoms with van der Waals surface area (Å²) in [5.74, 6) is 3.68. The number of amides is 1. The maximum Gasteiger partial charge on any atom is 0.271 e. The summed E-state index contributed by atoms with van der Waals surface area (Å²) in [7, 11) is 4.44. The van der Waals surface area contributed by atoms with Crippen LogP contribution in [0.15, 0.2) is 41.5 Å². The monoisotopic (exact) mass is 368 g/mol. The summed E-state index contributed by atoms with van der Waals surface area (Å²) >= 11 is 0. The van der Waals surface area contributed by atoms with Gasteiger partial charge in [-0.05, 0) is 24.3 Å². The smallest absolute Gasteiger partial charge is 0.271 e. The van der Waals surface area contributed by atoms with Gasteiger partial charge in [0.2, 0.25) is 5.75 Å². The number of carbonyl (C=O) groups is 1. The van der Waals surface area contributed by atoms with Crippen molar-refractivity contribution in [1.82, 2.24) is 5.43 Å². The molecule has 0 saturated carbocycles. The van der Waals surface area contributed by atoms with Gasteiger partial charge in [-0.25, -0.2) is 5.43 Å². The van der Waals surface area contributed by atoms with Crippen LogP contribution in [0.25, 0.3) is 0 Å². The zero-order valence-electron chi connectivity index (χ0n) is 15.3. The van der Waals surface area contributed by atoms with Gasteiger partial charge in [0.1, 0.15) is 12.4 Å². The van der Waals surface area contributed by atoms with E-state index < -0.39 is 5.91 Å². The molecule has 140 valence electrons. The molecular formula is C20H20N2O5. The normalized spacial score (nSPS) is 10.1. The van der Waals surface area contributed by atoms with Crippen molar-refractivity contribution in [2.75, 3.05) is 27.9 Å². The number of hydrazone groups is 1. The first-order valence-corrected chi connectivity index (χ1v) is 7.93. The number of rotatable bonds is 8. The summed E-state index contributed by atoms with van der Waals surface area (Å²) in [5, 5.41) is 3.97. The number of hydrogen-bond donors (Lipinski definition) is 1. The van der Waals surface area contributed by atoms with E-state index in [0.29, 0.717) is 34.1 Å². The molecule has 1 N–H and O–H groups in total. The van der Waals surface area contributed by atoms with Gasteiger partial charge in [0.05, 0.1) is 27.5 Å². The van der Waals surface area contributed by atoms with Gasteiger partial charge in [0.15, 0.2) is 11.5 Å². The SMILES string of the molecule is C#CCOc1ccccc1/C=N\NC(=O)c1cc(OC)c(OC)c(OC)c1. The number of nitrogens with zero attached hydrogens (tertiary/aromatic N) is 1. The Bertz CT molecular complexity index is 846. The highest BCUT2D eigenvalue weighted by Gasteiger charge is 2.16. The largest absolute Gasteiger partial charge is 0.493 e. The first-order valence-electron chi connectivity index (χ1n) is 7.93. The summed E-state index contributed by atoms with van der Waals surface area (Å²) < 4.78 is 21.1. The van der Waals surface area contributed by atoms with Crippen molar-refractivity contribution >= 4 is 12.1 Å². The summed E-state index contributed by atoms with van der Waals surface area (Å²) in [6, 6.07) is 10.3. The van der Waals surface area contributed by atoms with Gasteiger partial charge >= 0.3 is 0 Å². The molecule has 0 saturated heterocycles. The molecule has 0 unspecified atom stereocenters. The van der Waals surface area contributed by atoms with Crippen LogP contribution >= 0.6 is 0 Å². The molecule has 0 radical (unpaired) electrons. The number of methoxy groups -OCH3 is 3. The van der Waals surface area contributed by atoms with Gasteiger partial charge in [-0.1, -0.05) is 18.1 Å². The third-order valence-corrected chi connectivity index (χ3v) is 3.53. The van der Waals surface area contributed by atoms with E-state index in [9.17, 15) is 4.79 Å². The standard InChI is InChI=1S/C20H20N2O5/c1-5-10-27-16-9-7-6-8-14(16)13-21-22-20(23)15-11-17(24-2)19(26-4)18(12-15)25-3/h1,6-9,11-13H,10H2,2-4H3,(H,22,23)/b21-13-. The van der Waals surface area contributed by atoms with Crippen molar-refractivity contribution in [3.05, 3.63) is 47.5 Å². The minimum absolute atomic E-state index is 0.142. The maximum absolute atomic E-state index is 12.4. The minimum atomic E-state index is -0.437. The predicted octanol–water partition coefficient (Wildman–Crippen LogP) is 2.49. The van der Waals surface area contributed by atoms with E-state index in [-0.39, 0.29) is 6.61 Å². The second-order valence-corrected chi connectivity index (χ2v) is 5.14. The summed E-state index contributed by atoms with van der Waals surface area (Å²) in [5.41, 5.74) is 3.44. The quantitative estimate of drug-likeness (QED) is 0.440. The Balaban J connectivity index is 2.17. The molecule has 0 atom stereocenters. The summed E-state index contributed by atoms with van der Waals surface area (Å²) in [4.78, 5) is 12.4. The van der Waals surface area contributed by atoms with Gasteiger partial charge in [0.25, 0.3) is 5.91 Å². The molecule has 2 rings (SSSR count). The van der Waals surface area contributed by atoms with Crippen molar-refractivity contribution < 1.29 is 23.7 Å². The van der Waals surface area contributed by atoms with E-state index in [1.54, 1.807) is 12.1 Å². The van der Waals surface area contributed by atoms with Crippen molar-refractivity contribution in [1.29, 1.82) is 0 Å². The van der Waals surface area contributed by atoms with Crippen LogP contribution in [0, 0.1) is 12.3 Å². The molecule has 0 aliphatic heterocycles. The van der Waals surface area contributed by atoms with Crippen LogP contribution in [-0.4, -0.2) is 40.1 Å². The Morgan fingerprint density at radius 1 is 1.11 bits per heavy atom. The van der Waals surface area contributed by atoms with Crippen molar-refractivity contribution in [2.24, 2.45) is 5.10 Å². The third kappa shape index (κ3) is 4.92. The van der Waals surface area contributed by atoms with Crippen molar-refractivity contribution in [2.45, 2.75) is 0 Å².